The first-order valence-corrected chi connectivity index (χ1v) is 8.71. The van der Waals surface area contributed by atoms with Crippen molar-refractivity contribution < 1.29 is 4.79 Å². The maximum Gasteiger partial charge on any atom is 0.240 e. The SMILES string of the molecule is Cc1cc(=O)cc(C)n1CC(=O)NCc1csc(-c2ccccn2)n1. The molecule has 0 radical (unpaired) electrons. The number of carbonyl (C=O) groups is 1. The van der Waals surface area contributed by atoms with Crippen LogP contribution in [0.2, 0.25) is 0 Å². The highest BCUT2D eigenvalue weighted by atomic mass is 32.1. The number of aryl methyl sites for hydroxylation is 2. The predicted octanol–water partition coefficient (Wildman–Crippen LogP) is 2.30. The monoisotopic (exact) mass is 354 g/mol. The Morgan fingerprint density at radius 2 is 2.00 bits per heavy atom. The first-order valence-electron chi connectivity index (χ1n) is 7.83. The average Bonchev–Trinajstić information content (AvgIpc) is 3.06. The normalized spacial score (nSPS) is 10.6. The summed E-state index contributed by atoms with van der Waals surface area (Å²) in [6.07, 6.45) is 1.73. The first kappa shape index (κ1) is 17.0. The van der Waals surface area contributed by atoms with Crippen molar-refractivity contribution in [3.8, 4) is 10.7 Å². The van der Waals surface area contributed by atoms with Crippen molar-refractivity contribution in [2.24, 2.45) is 0 Å². The maximum atomic E-state index is 12.2. The molecule has 0 spiro atoms. The number of nitrogens with one attached hydrogen (secondary N) is 1. The zero-order chi connectivity index (χ0) is 17.8. The third kappa shape index (κ3) is 4.19. The van der Waals surface area contributed by atoms with Gasteiger partial charge in [0.15, 0.2) is 5.43 Å². The van der Waals surface area contributed by atoms with E-state index in [1.54, 1.807) is 6.20 Å². The van der Waals surface area contributed by atoms with E-state index in [0.717, 1.165) is 27.8 Å². The van der Waals surface area contributed by atoms with Crippen LogP contribution in [0.5, 0.6) is 0 Å². The van der Waals surface area contributed by atoms with Gasteiger partial charge in [-0.2, -0.15) is 0 Å². The van der Waals surface area contributed by atoms with Crippen LogP contribution in [-0.2, 0) is 17.9 Å². The minimum Gasteiger partial charge on any atom is -0.349 e. The fourth-order valence-electron chi connectivity index (χ4n) is 2.52. The molecule has 128 valence electrons. The zero-order valence-electron chi connectivity index (χ0n) is 14.0. The Kier molecular flexibility index (Phi) is 5.04. The number of rotatable bonds is 5. The molecule has 0 aliphatic carbocycles. The van der Waals surface area contributed by atoms with Crippen LogP contribution >= 0.6 is 11.3 Å². The molecule has 0 saturated heterocycles. The van der Waals surface area contributed by atoms with Gasteiger partial charge in [-0.25, -0.2) is 4.98 Å². The number of hydrogen-bond acceptors (Lipinski definition) is 5. The van der Waals surface area contributed by atoms with Gasteiger partial charge < -0.3 is 9.88 Å². The smallest absolute Gasteiger partial charge is 0.240 e. The first-order chi connectivity index (χ1) is 12.0. The molecule has 3 rings (SSSR count). The number of pyridine rings is 2. The van der Waals surface area contributed by atoms with Crippen molar-refractivity contribution in [1.82, 2.24) is 19.9 Å². The predicted molar refractivity (Wildman–Crippen MR) is 97.4 cm³/mol. The van der Waals surface area contributed by atoms with Gasteiger partial charge in [-0.15, -0.1) is 11.3 Å². The lowest BCUT2D eigenvalue weighted by Crippen LogP contribution is -2.29. The van der Waals surface area contributed by atoms with Crippen LogP contribution in [0, 0.1) is 13.8 Å². The van der Waals surface area contributed by atoms with E-state index >= 15 is 0 Å². The largest absolute Gasteiger partial charge is 0.349 e. The van der Waals surface area contributed by atoms with Crippen molar-refractivity contribution >= 4 is 17.2 Å². The Bertz CT molecular complexity index is 921. The summed E-state index contributed by atoms with van der Waals surface area (Å²) < 4.78 is 1.82. The Morgan fingerprint density at radius 3 is 2.68 bits per heavy atom. The minimum atomic E-state index is -0.123. The van der Waals surface area contributed by atoms with E-state index in [1.165, 1.54) is 23.5 Å². The van der Waals surface area contributed by atoms with Crippen LogP contribution in [0.25, 0.3) is 10.7 Å². The molecular formula is C18H18N4O2S. The Hall–Kier alpha value is -2.80. The van der Waals surface area contributed by atoms with Crippen molar-refractivity contribution in [3.63, 3.8) is 0 Å². The van der Waals surface area contributed by atoms with Gasteiger partial charge >= 0.3 is 0 Å². The Balaban J connectivity index is 1.62. The second kappa shape index (κ2) is 7.40. The molecule has 1 amide bonds. The molecule has 3 heterocycles. The van der Waals surface area contributed by atoms with Gasteiger partial charge in [0.1, 0.15) is 11.6 Å². The fraction of sp³-hybridized carbons (Fsp3) is 0.222. The van der Waals surface area contributed by atoms with E-state index in [4.69, 9.17) is 0 Å². The molecule has 0 aromatic carbocycles. The highest BCUT2D eigenvalue weighted by Gasteiger charge is 2.09. The van der Waals surface area contributed by atoms with Crippen LogP contribution in [0.3, 0.4) is 0 Å². The van der Waals surface area contributed by atoms with E-state index in [0.29, 0.717) is 6.54 Å². The Morgan fingerprint density at radius 1 is 1.24 bits per heavy atom. The van der Waals surface area contributed by atoms with Crippen molar-refractivity contribution in [2.75, 3.05) is 0 Å². The Labute approximate surface area is 149 Å². The van der Waals surface area contributed by atoms with E-state index in [-0.39, 0.29) is 17.9 Å². The van der Waals surface area contributed by atoms with E-state index in [9.17, 15) is 9.59 Å². The summed E-state index contributed by atoms with van der Waals surface area (Å²) in [5.74, 6) is -0.123. The van der Waals surface area contributed by atoms with Gasteiger partial charge in [-0.05, 0) is 26.0 Å². The van der Waals surface area contributed by atoms with Gasteiger partial charge in [-0.1, -0.05) is 6.07 Å². The van der Waals surface area contributed by atoms with Gasteiger partial charge in [0.05, 0.1) is 17.9 Å². The molecule has 7 heteroatoms. The number of nitrogens with zero attached hydrogens (tertiary/aromatic N) is 3. The van der Waals surface area contributed by atoms with Gasteiger partial charge in [0.25, 0.3) is 0 Å². The van der Waals surface area contributed by atoms with Gasteiger partial charge in [-0.3, -0.25) is 14.6 Å². The third-order valence-electron chi connectivity index (χ3n) is 3.76. The number of carbonyl (C=O) groups excluding carboxylic acids is 1. The standard InChI is InChI=1S/C18H18N4O2S/c1-12-7-15(23)8-13(2)22(12)10-17(24)20-9-14-11-25-18(21-14)16-5-3-4-6-19-16/h3-8,11H,9-10H2,1-2H3,(H,20,24). The summed E-state index contributed by atoms with van der Waals surface area (Å²) in [4.78, 5) is 32.4. The topological polar surface area (TPSA) is 76.9 Å². The summed E-state index contributed by atoms with van der Waals surface area (Å²) in [6, 6.07) is 8.74. The van der Waals surface area contributed by atoms with Gasteiger partial charge in [0, 0.05) is 35.1 Å². The lowest BCUT2D eigenvalue weighted by molar-refractivity contribution is -0.121. The quantitative estimate of drug-likeness (QED) is 0.763. The van der Waals surface area contributed by atoms with Crippen molar-refractivity contribution in [2.45, 2.75) is 26.9 Å². The van der Waals surface area contributed by atoms with E-state index in [2.05, 4.69) is 15.3 Å². The fourth-order valence-corrected chi connectivity index (χ4v) is 3.32. The second-order valence-electron chi connectivity index (χ2n) is 5.70. The molecule has 0 aliphatic rings. The van der Waals surface area contributed by atoms with Crippen molar-refractivity contribution in [3.05, 3.63) is 69.2 Å². The van der Waals surface area contributed by atoms with Crippen LogP contribution in [-0.4, -0.2) is 20.4 Å². The van der Waals surface area contributed by atoms with E-state index < -0.39 is 0 Å². The van der Waals surface area contributed by atoms with Crippen LogP contribution < -0.4 is 10.7 Å². The molecule has 0 unspecified atom stereocenters. The van der Waals surface area contributed by atoms with Crippen molar-refractivity contribution in [1.29, 1.82) is 0 Å². The number of hydrogen-bond donors (Lipinski definition) is 1. The highest BCUT2D eigenvalue weighted by molar-refractivity contribution is 7.13. The lowest BCUT2D eigenvalue weighted by atomic mass is 10.3. The molecule has 1 N–H and O–H groups in total. The molecular weight excluding hydrogens is 336 g/mol. The van der Waals surface area contributed by atoms with Crippen LogP contribution in [0.4, 0.5) is 0 Å². The summed E-state index contributed by atoms with van der Waals surface area (Å²) in [6.45, 7) is 4.18. The minimum absolute atomic E-state index is 0.0452. The summed E-state index contributed by atoms with van der Waals surface area (Å²) >= 11 is 1.50. The van der Waals surface area contributed by atoms with Crippen LogP contribution in [0.1, 0.15) is 17.1 Å². The number of thiazole rings is 1. The molecule has 0 bridgehead atoms. The molecule has 0 fully saturated rings. The molecule has 6 nitrogen and oxygen atoms in total. The second-order valence-corrected chi connectivity index (χ2v) is 6.55. The van der Waals surface area contributed by atoms with Crippen LogP contribution in [0.15, 0.2) is 46.7 Å². The lowest BCUT2D eigenvalue weighted by Gasteiger charge is -2.13. The average molecular weight is 354 g/mol. The molecule has 25 heavy (non-hydrogen) atoms. The number of aromatic nitrogens is 3. The zero-order valence-corrected chi connectivity index (χ0v) is 14.8. The summed E-state index contributed by atoms with van der Waals surface area (Å²) in [7, 11) is 0. The molecule has 0 saturated carbocycles. The molecule has 3 aromatic rings. The summed E-state index contributed by atoms with van der Waals surface area (Å²) in [5, 5.41) is 5.61. The highest BCUT2D eigenvalue weighted by Crippen LogP contribution is 2.21. The van der Waals surface area contributed by atoms with E-state index in [1.807, 2.05) is 42.0 Å². The molecule has 0 aliphatic heterocycles. The van der Waals surface area contributed by atoms with Gasteiger partial charge in [0.2, 0.25) is 5.91 Å². The maximum absolute atomic E-state index is 12.2. The molecule has 0 atom stereocenters. The third-order valence-corrected chi connectivity index (χ3v) is 4.67. The summed E-state index contributed by atoms with van der Waals surface area (Å²) in [5.41, 5.74) is 3.12. The molecule has 3 aromatic heterocycles. The number of amides is 1.